The Hall–Kier alpha value is -1.75. The molecule has 1 aliphatic carbocycles. The third kappa shape index (κ3) is 3.04. The molecule has 110 valence electrons. The molecular weight excluding hydrogens is 256 g/mol. The molecule has 0 saturated heterocycles. The molecule has 0 unspecified atom stereocenters. The largest absolute Gasteiger partial charge is 0.496 e. The molecule has 3 N–H and O–H groups in total. The van der Waals surface area contributed by atoms with Gasteiger partial charge in [0.25, 0.3) is 5.91 Å². The lowest BCUT2D eigenvalue weighted by molar-refractivity contribution is 0.0156. The van der Waals surface area contributed by atoms with Crippen LogP contribution in [0.3, 0.4) is 0 Å². The maximum Gasteiger partial charge on any atom is 0.257 e. The summed E-state index contributed by atoms with van der Waals surface area (Å²) in [6.07, 6.45) is 3.53. The fourth-order valence-corrected chi connectivity index (χ4v) is 2.80. The van der Waals surface area contributed by atoms with Gasteiger partial charge in [0.2, 0.25) is 0 Å². The summed E-state index contributed by atoms with van der Waals surface area (Å²) < 4.78 is 5.20. The van der Waals surface area contributed by atoms with Crippen LogP contribution in [0.25, 0.3) is 0 Å². The van der Waals surface area contributed by atoms with E-state index in [1.165, 1.54) is 7.11 Å². The second-order valence-corrected chi connectivity index (χ2v) is 5.55. The summed E-state index contributed by atoms with van der Waals surface area (Å²) in [4.78, 5) is 14.0. The van der Waals surface area contributed by atoms with Gasteiger partial charge in [-0.3, -0.25) is 4.79 Å². The van der Waals surface area contributed by atoms with Crippen molar-refractivity contribution in [2.45, 2.75) is 31.3 Å². The molecule has 1 aliphatic rings. The number of anilines is 1. The summed E-state index contributed by atoms with van der Waals surface area (Å²) in [7, 11) is 3.22. The van der Waals surface area contributed by atoms with E-state index >= 15 is 0 Å². The first-order chi connectivity index (χ1) is 9.45. The highest BCUT2D eigenvalue weighted by atomic mass is 16.5. The van der Waals surface area contributed by atoms with Crippen LogP contribution in [0.1, 0.15) is 36.0 Å². The topological polar surface area (TPSA) is 75.8 Å². The van der Waals surface area contributed by atoms with Gasteiger partial charge in [0.15, 0.2) is 0 Å². The van der Waals surface area contributed by atoms with Crippen molar-refractivity contribution in [2.24, 2.45) is 0 Å². The number of hydrogen-bond donors (Lipinski definition) is 2. The van der Waals surface area contributed by atoms with Gasteiger partial charge in [0.05, 0.1) is 18.3 Å². The molecule has 0 bridgehead atoms. The van der Waals surface area contributed by atoms with Crippen molar-refractivity contribution < 1.29 is 14.6 Å². The van der Waals surface area contributed by atoms with Crippen LogP contribution in [0.4, 0.5) is 5.69 Å². The van der Waals surface area contributed by atoms with Gasteiger partial charge in [-0.05, 0) is 31.0 Å². The number of nitrogens with two attached hydrogens (primary N) is 1. The summed E-state index contributed by atoms with van der Waals surface area (Å²) in [6.45, 7) is 0.337. The molecule has 2 rings (SSSR count). The number of hydrogen-bond acceptors (Lipinski definition) is 4. The van der Waals surface area contributed by atoms with Crippen molar-refractivity contribution >= 4 is 11.6 Å². The standard InChI is InChI=1S/C15H22N2O3/c1-17(10-15(19)7-3-4-8-15)14(18)12-9-11(16)5-6-13(12)20-2/h5-6,9,19H,3-4,7-8,10,16H2,1-2H3. The second kappa shape index (κ2) is 5.71. The molecule has 1 saturated carbocycles. The molecule has 0 radical (unpaired) electrons. The van der Waals surface area contributed by atoms with Gasteiger partial charge in [0, 0.05) is 19.3 Å². The Balaban J connectivity index is 2.16. The summed E-state index contributed by atoms with van der Waals surface area (Å²) in [6, 6.07) is 4.98. The summed E-state index contributed by atoms with van der Waals surface area (Å²) in [5.41, 5.74) is 5.93. The van der Waals surface area contributed by atoms with Crippen LogP contribution in [0.5, 0.6) is 5.75 Å². The van der Waals surface area contributed by atoms with E-state index in [4.69, 9.17) is 10.5 Å². The molecule has 1 aromatic rings. The van der Waals surface area contributed by atoms with Gasteiger partial charge in [0.1, 0.15) is 5.75 Å². The Kier molecular flexibility index (Phi) is 4.18. The maximum atomic E-state index is 12.5. The predicted octanol–water partition coefficient (Wildman–Crippen LogP) is 1.65. The van der Waals surface area contributed by atoms with Crippen LogP contribution in [-0.4, -0.2) is 42.2 Å². The third-order valence-corrected chi connectivity index (χ3v) is 3.87. The first kappa shape index (κ1) is 14.7. The zero-order valence-electron chi connectivity index (χ0n) is 12.1. The van der Waals surface area contributed by atoms with Crippen molar-refractivity contribution in [3.05, 3.63) is 23.8 Å². The molecule has 0 atom stereocenters. The van der Waals surface area contributed by atoms with Crippen LogP contribution in [0, 0.1) is 0 Å². The molecule has 0 aromatic heterocycles. The molecule has 1 fully saturated rings. The molecular formula is C15H22N2O3. The van der Waals surface area contributed by atoms with Crippen LogP contribution in [-0.2, 0) is 0 Å². The van der Waals surface area contributed by atoms with Gasteiger partial charge in [-0.25, -0.2) is 0 Å². The fraction of sp³-hybridized carbons (Fsp3) is 0.533. The first-order valence-electron chi connectivity index (χ1n) is 6.86. The Bertz CT molecular complexity index is 496. The number of nitrogen functional groups attached to an aromatic ring is 1. The number of nitrogens with zero attached hydrogens (tertiary/aromatic N) is 1. The highest BCUT2D eigenvalue weighted by Crippen LogP contribution is 2.31. The van der Waals surface area contributed by atoms with Crippen molar-refractivity contribution in [3.8, 4) is 5.75 Å². The summed E-state index contributed by atoms with van der Waals surface area (Å²) in [5.74, 6) is 0.309. The van der Waals surface area contributed by atoms with E-state index in [0.29, 0.717) is 23.5 Å². The van der Waals surface area contributed by atoms with Crippen molar-refractivity contribution in [3.63, 3.8) is 0 Å². The number of rotatable bonds is 4. The van der Waals surface area contributed by atoms with E-state index in [2.05, 4.69) is 0 Å². The van der Waals surface area contributed by atoms with Crippen LogP contribution < -0.4 is 10.5 Å². The number of carbonyl (C=O) groups excluding carboxylic acids is 1. The minimum absolute atomic E-state index is 0.186. The number of amides is 1. The minimum atomic E-state index is -0.752. The van der Waals surface area contributed by atoms with Crippen molar-refractivity contribution in [1.82, 2.24) is 4.90 Å². The lowest BCUT2D eigenvalue weighted by Crippen LogP contribution is -2.42. The summed E-state index contributed by atoms with van der Waals surface area (Å²) >= 11 is 0. The van der Waals surface area contributed by atoms with Gasteiger partial charge >= 0.3 is 0 Å². The number of carbonyl (C=O) groups is 1. The molecule has 5 nitrogen and oxygen atoms in total. The summed E-state index contributed by atoms with van der Waals surface area (Å²) in [5, 5.41) is 10.4. The molecule has 0 aliphatic heterocycles. The van der Waals surface area contributed by atoms with Gasteiger partial charge in [-0.1, -0.05) is 12.8 Å². The Morgan fingerprint density at radius 3 is 2.70 bits per heavy atom. The molecule has 1 aromatic carbocycles. The van der Waals surface area contributed by atoms with Gasteiger partial charge < -0.3 is 20.5 Å². The first-order valence-corrected chi connectivity index (χ1v) is 6.86. The van der Waals surface area contributed by atoms with E-state index in [0.717, 1.165) is 25.7 Å². The Morgan fingerprint density at radius 2 is 2.10 bits per heavy atom. The fourth-order valence-electron chi connectivity index (χ4n) is 2.80. The Morgan fingerprint density at radius 1 is 1.45 bits per heavy atom. The van der Waals surface area contributed by atoms with Gasteiger partial charge in [-0.15, -0.1) is 0 Å². The lowest BCUT2D eigenvalue weighted by atomic mass is 10.0. The maximum absolute atomic E-state index is 12.5. The molecule has 0 heterocycles. The molecule has 5 heteroatoms. The molecule has 1 amide bonds. The number of benzene rings is 1. The number of aliphatic hydroxyl groups is 1. The van der Waals surface area contributed by atoms with E-state index < -0.39 is 5.60 Å². The average Bonchev–Trinajstić information content (AvgIpc) is 2.84. The SMILES string of the molecule is COc1ccc(N)cc1C(=O)N(C)CC1(O)CCCC1. The van der Waals surface area contributed by atoms with Gasteiger partial charge in [-0.2, -0.15) is 0 Å². The van der Waals surface area contributed by atoms with Crippen molar-refractivity contribution in [2.75, 3.05) is 26.4 Å². The smallest absolute Gasteiger partial charge is 0.257 e. The highest BCUT2D eigenvalue weighted by Gasteiger charge is 2.34. The zero-order chi connectivity index (χ0) is 14.8. The van der Waals surface area contributed by atoms with Crippen LogP contribution >= 0.6 is 0 Å². The van der Waals surface area contributed by atoms with E-state index in [1.54, 1.807) is 30.1 Å². The predicted molar refractivity (Wildman–Crippen MR) is 77.8 cm³/mol. The van der Waals surface area contributed by atoms with E-state index in [9.17, 15) is 9.90 Å². The quantitative estimate of drug-likeness (QED) is 0.821. The molecule has 0 spiro atoms. The number of ether oxygens (including phenoxy) is 1. The zero-order valence-corrected chi connectivity index (χ0v) is 12.1. The average molecular weight is 278 g/mol. The van der Waals surface area contributed by atoms with Crippen LogP contribution in [0.15, 0.2) is 18.2 Å². The monoisotopic (exact) mass is 278 g/mol. The normalized spacial score (nSPS) is 16.9. The number of methoxy groups -OCH3 is 1. The number of likely N-dealkylation sites (N-methyl/N-ethyl adjacent to an activating group) is 1. The third-order valence-electron chi connectivity index (χ3n) is 3.87. The Labute approximate surface area is 119 Å². The minimum Gasteiger partial charge on any atom is -0.496 e. The van der Waals surface area contributed by atoms with E-state index in [-0.39, 0.29) is 5.91 Å². The second-order valence-electron chi connectivity index (χ2n) is 5.55. The lowest BCUT2D eigenvalue weighted by Gasteiger charge is -2.29. The van der Waals surface area contributed by atoms with Crippen molar-refractivity contribution in [1.29, 1.82) is 0 Å². The van der Waals surface area contributed by atoms with E-state index in [1.807, 2.05) is 0 Å². The highest BCUT2D eigenvalue weighted by molar-refractivity contribution is 5.97. The molecule has 20 heavy (non-hydrogen) atoms. The van der Waals surface area contributed by atoms with Crippen LogP contribution in [0.2, 0.25) is 0 Å².